The topological polar surface area (TPSA) is 37.8 Å². The highest BCUT2D eigenvalue weighted by atomic mass is 32.2. The SMILES string of the molecule is CCCNCc1ccccc1Sc1nncs1. The van der Waals surface area contributed by atoms with E-state index in [0.29, 0.717) is 0 Å². The van der Waals surface area contributed by atoms with Crippen LogP contribution in [0.4, 0.5) is 0 Å². The van der Waals surface area contributed by atoms with Gasteiger partial charge in [0, 0.05) is 11.4 Å². The maximum Gasteiger partial charge on any atom is 0.178 e. The Morgan fingerprint density at radius 3 is 3.00 bits per heavy atom. The lowest BCUT2D eigenvalue weighted by Gasteiger charge is -2.08. The molecule has 0 atom stereocenters. The second kappa shape index (κ2) is 6.74. The molecule has 2 rings (SSSR count). The Kier molecular flexibility index (Phi) is 4.97. The first-order chi connectivity index (χ1) is 8.40. The van der Waals surface area contributed by atoms with Gasteiger partial charge in [0.2, 0.25) is 0 Å². The number of hydrogen-bond acceptors (Lipinski definition) is 5. The van der Waals surface area contributed by atoms with Crippen molar-refractivity contribution in [2.45, 2.75) is 29.1 Å². The first-order valence-electron chi connectivity index (χ1n) is 5.62. The highest BCUT2D eigenvalue weighted by molar-refractivity contribution is 8.01. The van der Waals surface area contributed by atoms with Gasteiger partial charge >= 0.3 is 0 Å². The molecule has 17 heavy (non-hydrogen) atoms. The third-order valence-electron chi connectivity index (χ3n) is 2.25. The zero-order valence-electron chi connectivity index (χ0n) is 9.72. The number of rotatable bonds is 6. The number of nitrogens with zero attached hydrogens (tertiary/aromatic N) is 2. The van der Waals surface area contributed by atoms with E-state index in [1.54, 1.807) is 28.6 Å². The van der Waals surface area contributed by atoms with E-state index in [0.717, 1.165) is 23.8 Å². The van der Waals surface area contributed by atoms with E-state index in [9.17, 15) is 0 Å². The minimum Gasteiger partial charge on any atom is -0.313 e. The number of nitrogens with one attached hydrogen (secondary N) is 1. The molecule has 1 aromatic heterocycles. The van der Waals surface area contributed by atoms with Crippen LogP contribution in [0.3, 0.4) is 0 Å². The van der Waals surface area contributed by atoms with Gasteiger partial charge in [-0.25, -0.2) is 0 Å². The van der Waals surface area contributed by atoms with Crippen molar-refractivity contribution in [1.29, 1.82) is 0 Å². The first kappa shape index (κ1) is 12.5. The molecule has 90 valence electrons. The summed E-state index contributed by atoms with van der Waals surface area (Å²) in [6.45, 7) is 4.14. The van der Waals surface area contributed by atoms with Gasteiger partial charge in [0.05, 0.1) is 0 Å². The molecule has 0 bridgehead atoms. The van der Waals surface area contributed by atoms with Crippen molar-refractivity contribution in [1.82, 2.24) is 15.5 Å². The summed E-state index contributed by atoms with van der Waals surface area (Å²) in [6.07, 6.45) is 1.16. The van der Waals surface area contributed by atoms with Crippen LogP contribution in [0.25, 0.3) is 0 Å². The first-order valence-corrected chi connectivity index (χ1v) is 7.32. The van der Waals surface area contributed by atoms with E-state index in [1.165, 1.54) is 10.5 Å². The van der Waals surface area contributed by atoms with Gasteiger partial charge in [-0.05, 0) is 24.6 Å². The summed E-state index contributed by atoms with van der Waals surface area (Å²) in [5.74, 6) is 0. The summed E-state index contributed by atoms with van der Waals surface area (Å²) in [6, 6.07) is 8.43. The fourth-order valence-electron chi connectivity index (χ4n) is 1.45. The van der Waals surface area contributed by atoms with Crippen molar-refractivity contribution in [3.8, 4) is 0 Å². The van der Waals surface area contributed by atoms with E-state index >= 15 is 0 Å². The highest BCUT2D eigenvalue weighted by Gasteiger charge is 2.05. The Morgan fingerprint density at radius 1 is 1.35 bits per heavy atom. The zero-order valence-corrected chi connectivity index (χ0v) is 11.4. The van der Waals surface area contributed by atoms with Crippen molar-refractivity contribution < 1.29 is 0 Å². The van der Waals surface area contributed by atoms with Crippen molar-refractivity contribution >= 4 is 23.1 Å². The van der Waals surface area contributed by atoms with E-state index in [-0.39, 0.29) is 0 Å². The van der Waals surface area contributed by atoms with Crippen LogP contribution in [0.2, 0.25) is 0 Å². The molecule has 5 heteroatoms. The number of benzene rings is 1. The quantitative estimate of drug-likeness (QED) is 0.814. The van der Waals surface area contributed by atoms with E-state index < -0.39 is 0 Å². The van der Waals surface area contributed by atoms with Crippen LogP contribution in [0.15, 0.2) is 39.0 Å². The van der Waals surface area contributed by atoms with Gasteiger partial charge in [-0.2, -0.15) is 0 Å². The minimum absolute atomic E-state index is 0.913. The Morgan fingerprint density at radius 2 is 2.24 bits per heavy atom. The lowest BCUT2D eigenvalue weighted by Crippen LogP contribution is -2.14. The molecule has 0 aliphatic carbocycles. The highest BCUT2D eigenvalue weighted by Crippen LogP contribution is 2.30. The molecule has 0 saturated carbocycles. The van der Waals surface area contributed by atoms with Crippen LogP contribution in [0.1, 0.15) is 18.9 Å². The van der Waals surface area contributed by atoms with E-state index in [1.807, 2.05) is 0 Å². The van der Waals surface area contributed by atoms with Gasteiger partial charge in [0.1, 0.15) is 5.51 Å². The second-order valence-corrected chi connectivity index (χ2v) is 5.71. The third-order valence-corrected chi connectivity index (χ3v) is 4.15. The molecule has 3 nitrogen and oxygen atoms in total. The number of hydrogen-bond donors (Lipinski definition) is 1. The predicted molar refractivity (Wildman–Crippen MR) is 72.5 cm³/mol. The van der Waals surface area contributed by atoms with Gasteiger partial charge in [0.15, 0.2) is 4.34 Å². The molecule has 0 radical (unpaired) electrons. The normalized spacial score (nSPS) is 10.6. The molecule has 0 aliphatic heterocycles. The second-order valence-electron chi connectivity index (χ2n) is 3.59. The summed E-state index contributed by atoms with van der Waals surface area (Å²) >= 11 is 3.26. The van der Waals surface area contributed by atoms with Crippen molar-refractivity contribution in [2.75, 3.05) is 6.54 Å². The molecule has 0 aliphatic rings. The Hall–Kier alpha value is -0.910. The fourth-order valence-corrected chi connectivity index (χ4v) is 3.01. The van der Waals surface area contributed by atoms with Crippen molar-refractivity contribution in [3.63, 3.8) is 0 Å². The van der Waals surface area contributed by atoms with Gasteiger partial charge in [0.25, 0.3) is 0 Å². The maximum absolute atomic E-state index is 4.06. The monoisotopic (exact) mass is 265 g/mol. The molecular weight excluding hydrogens is 250 g/mol. The average Bonchev–Trinajstić information content (AvgIpc) is 2.84. The Balaban J connectivity index is 2.05. The molecule has 0 spiro atoms. The predicted octanol–water partition coefficient (Wildman–Crippen LogP) is 3.19. The van der Waals surface area contributed by atoms with Gasteiger partial charge in [-0.3, -0.25) is 0 Å². The van der Waals surface area contributed by atoms with Crippen LogP contribution in [0.5, 0.6) is 0 Å². The van der Waals surface area contributed by atoms with Gasteiger partial charge in [-0.15, -0.1) is 10.2 Å². The van der Waals surface area contributed by atoms with Crippen LogP contribution >= 0.6 is 23.1 Å². The molecule has 0 fully saturated rings. The third kappa shape index (κ3) is 3.80. The number of aromatic nitrogens is 2. The summed E-state index contributed by atoms with van der Waals surface area (Å²) < 4.78 is 0.993. The van der Waals surface area contributed by atoms with Crippen LogP contribution in [-0.2, 0) is 6.54 Å². The Bertz CT molecular complexity index is 443. The van der Waals surface area contributed by atoms with Crippen LogP contribution in [-0.4, -0.2) is 16.7 Å². The molecular formula is C12H15N3S2. The molecule has 1 N–H and O–H groups in total. The van der Waals surface area contributed by atoms with E-state index in [4.69, 9.17) is 0 Å². The molecule has 0 amide bonds. The fraction of sp³-hybridized carbons (Fsp3) is 0.333. The van der Waals surface area contributed by atoms with Crippen molar-refractivity contribution in [2.24, 2.45) is 0 Å². The summed E-state index contributed by atoms with van der Waals surface area (Å²) in [5, 5.41) is 11.3. The van der Waals surface area contributed by atoms with Crippen LogP contribution < -0.4 is 5.32 Å². The van der Waals surface area contributed by atoms with Crippen molar-refractivity contribution in [3.05, 3.63) is 35.3 Å². The smallest absolute Gasteiger partial charge is 0.178 e. The molecule has 2 aromatic rings. The standard InChI is InChI=1S/C12H15N3S2/c1-2-7-13-8-10-5-3-4-6-11(10)17-12-15-14-9-16-12/h3-6,9,13H,2,7-8H2,1H3. The molecule has 0 saturated heterocycles. The van der Waals surface area contributed by atoms with Gasteiger partial charge < -0.3 is 5.32 Å². The van der Waals surface area contributed by atoms with E-state index in [2.05, 4.69) is 46.7 Å². The zero-order chi connectivity index (χ0) is 11.9. The lowest BCUT2D eigenvalue weighted by molar-refractivity contribution is 0.669. The van der Waals surface area contributed by atoms with Gasteiger partial charge in [-0.1, -0.05) is 48.2 Å². The lowest BCUT2D eigenvalue weighted by atomic mass is 10.2. The van der Waals surface area contributed by atoms with Crippen LogP contribution in [0, 0.1) is 0 Å². The summed E-state index contributed by atoms with van der Waals surface area (Å²) in [7, 11) is 0. The molecule has 0 unspecified atom stereocenters. The Labute approximate surface area is 110 Å². The minimum atomic E-state index is 0.913. The molecule has 1 aromatic carbocycles. The largest absolute Gasteiger partial charge is 0.313 e. The maximum atomic E-state index is 4.06. The summed E-state index contributed by atoms with van der Waals surface area (Å²) in [4.78, 5) is 1.26. The summed E-state index contributed by atoms with van der Waals surface area (Å²) in [5.41, 5.74) is 3.08. The average molecular weight is 265 g/mol. The molecule has 1 heterocycles.